The average molecular weight is 547 g/mol. The number of rotatable bonds is 17. The third-order valence-corrected chi connectivity index (χ3v) is 4.82. The first-order chi connectivity index (χ1) is 17.3. The van der Waals surface area contributed by atoms with E-state index in [9.17, 15) is 19.2 Å². The minimum Gasteiger partial charge on any atom is -0.464 e. The van der Waals surface area contributed by atoms with Gasteiger partial charge in [0.05, 0.1) is 50.1 Å². The van der Waals surface area contributed by atoms with E-state index in [1.54, 1.807) is 27.7 Å². The van der Waals surface area contributed by atoms with Crippen LogP contribution in [0.2, 0.25) is 0 Å². The minimum absolute atomic E-state index is 0.0212. The molecule has 0 aliphatic heterocycles. The summed E-state index contributed by atoms with van der Waals surface area (Å²) in [6.07, 6.45) is -0.443. The summed E-state index contributed by atoms with van der Waals surface area (Å²) in [4.78, 5) is 48.7. The van der Waals surface area contributed by atoms with Gasteiger partial charge in [0.15, 0.2) is 0 Å². The van der Waals surface area contributed by atoms with Crippen molar-refractivity contribution in [3.63, 3.8) is 0 Å². The van der Waals surface area contributed by atoms with Gasteiger partial charge < -0.3 is 28.4 Å². The van der Waals surface area contributed by atoms with Gasteiger partial charge in [0.25, 0.3) is 0 Å². The lowest BCUT2D eigenvalue weighted by Crippen LogP contribution is -2.34. The van der Waals surface area contributed by atoms with Crippen molar-refractivity contribution in [1.82, 2.24) is 0 Å². The predicted molar refractivity (Wildman–Crippen MR) is 141 cm³/mol. The zero-order valence-corrected chi connectivity index (χ0v) is 25.2. The number of hydrogen-bond acceptors (Lipinski definition) is 10. The van der Waals surface area contributed by atoms with Crippen molar-refractivity contribution in [3.8, 4) is 0 Å². The minimum atomic E-state index is -1.05. The maximum Gasteiger partial charge on any atom is 0.315 e. The third-order valence-electron chi connectivity index (χ3n) is 4.82. The summed E-state index contributed by atoms with van der Waals surface area (Å²) in [7, 11) is 0. The fraction of sp³-hybridized carbons (Fsp3) is 0.857. The molecular weight excluding hydrogens is 496 g/mol. The van der Waals surface area contributed by atoms with Gasteiger partial charge in [-0.2, -0.15) is 0 Å². The Kier molecular flexibility index (Phi) is 15.1. The first-order valence-corrected chi connectivity index (χ1v) is 13.1. The van der Waals surface area contributed by atoms with Crippen molar-refractivity contribution in [3.05, 3.63) is 0 Å². The topological polar surface area (TPSA) is 124 Å². The van der Waals surface area contributed by atoms with Gasteiger partial charge in [0.1, 0.15) is 26.4 Å². The molecule has 0 aromatic carbocycles. The molecule has 0 fully saturated rings. The molecule has 38 heavy (non-hydrogen) atoms. The second kappa shape index (κ2) is 16.0. The molecular formula is C28H50O10. The molecule has 0 N–H and O–H groups in total. The molecule has 0 amide bonds. The standard InChI is InChI=1S/C28H50O10/c1-25(2,3)17-33-13-15-35-23(31)27(7,8)19-37-21(29)11-12-22(30)38-20-28(9,10)24(32)36-16-14-34-18-26(4,5)6/h11-20H2,1-10H3. The van der Waals surface area contributed by atoms with Gasteiger partial charge in [-0.3, -0.25) is 19.2 Å². The van der Waals surface area contributed by atoms with Crippen molar-refractivity contribution >= 4 is 23.9 Å². The lowest BCUT2D eigenvalue weighted by Gasteiger charge is -2.23. The van der Waals surface area contributed by atoms with Crippen LogP contribution in [-0.4, -0.2) is 76.7 Å². The zero-order chi connectivity index (χ0) is 29.6. The molecule has 0 saturated heterocycles. The van der Waals surface area contributed by atoms with Gasteiger partial charge in [-0.1, -0.05) is 41.5 Å². The lowest BCUT2D eigenvalue weighted by atomic mass is 9.95. The summed E-state index contributed by atoms with van der Waals surface area (Å²) in [6.45, 7) is 20.1. The van der Waals surface area contributed by atoms with Crippen molar-refractivity contribution in [1.29, 1.82) is 0 Å². The summed E-state index contributed by atoms with van der Waals surface area (Å²) in [5.41, 5.74) is -2.06. The van der Waals surface area contributed by atoms with E-state index in [4.69, 9.17) is 28.4 Å². The normalized spacial score (nSPS) is 12.6. The number of carbonyl (C=O) groups is 4. The van der Waals surface area contributed by atoms with Gasteiger partial charge >= 0.3 is 23.9 Å². The quantitative estimate of drug-likeness (QED) is 0.149. The van der Waals surface area contributed by atoms with E-state index < -0.39 is 34.7 Å². The number of esters is 4. The highest BCUT2D eigenvalue weighted by Crippen LogP contribution is 2.20. The highest BCUT2D eigenvalue weighted by molar-refractivity contribution is 5.80. The number of hydrogen-bond donors (Lipinski definition) is 0. The molecule has 0 saturated carbocycles. The van der Waals surface area contributed by atoms with E-state index >= 15 is 0 Å². The molecule has 10 nitrogen and oxygen atoms in total. The first kappa shape index (κ1) is 35.8. The van der Waals surface area contributed by atoms with Gasteiger partial charge in [-0.05, 0) is 38.5 Å². The van der Waals surface area contributed by atoms with Crippen LogP contribution in [0, 0.1) is 21.7 Å². The van der Waals surface area contributed by atoms with Crippen LogP contribution in [-0.2, 0) is 47.6 Å². The monoisotopic (exact) mass is 546 g/mol. The van der Waals surface area contributed by atoms with Crippen LogP contribution >= 0.6 is 0 Å². The fourth-order valence-corrected chi connectivity index (χ4v) is 2.52. The predicted octanol–water partition coefficient (Wildman–Crippen LogP) is 4.12. The second-order valence-electron chi connectivity index (χ2n) is 13.1. The van der Waals surface area contributed by atoms with Crippen LogP contribution in [0.25, 0.3) is 0 Å². The Morgan fingerprint density at radius 3 is 1.05 bits per heavy atom. The van der Waals surface area contributed by atoms with E-state index in [0.29, 0.717) is 13.2 Å². The SMILES string of the molecule is CC(C)(C)COCCOC(=O)C(C)(C)COC(=O)CCC(=O)OCC(C)(C)C(=O)OCCOCC(C)(C)C. The second-order valence-corrected chi connectivity index (χ2v) is 13.1. The molecule has 0 aromatic rings. The highest BCUT2D eigenvalue weighted by atomic mass is 16.6. The molecule has 0 aromatic heterocycles. The summed E-state index contributed by atoms with van der Waals surface area (Å²) >= 11 is 0. The van der Waals surface area contributed by atoms with Gasteiger partial charge in [0.2, 0.25) is 0 Å². The summed E-state index contributed by atoms with van der Waals surface area (Å²) in [6, 6.07) is 0. The summed E-state index contributed by atoms with van der Waals surface area (Å²) < 4.78 is 31.7. The van der Waals surface area contributed by atoms with E-state index in [-0.39, 0.29) is 63.3 Å². The largest absolute Gasteiger partial charge is 0.464 e. The van der Waals surface area contributed by atoms with Gasteiger partial charge in [-0.15, -0.1) is 0 Å². The van der Waals surface area contributed by atoms with Crippen LogP contribution in [0.4, 0.5) is 0 Å². The molecule has 0 unspecified atom stereocenters. The first-order valence-electron chi connectivity index (χ1n) is 13.1. The Morgan fingerprint density at radius 1 is 0.447 bits per heavy atom. The van der Waals surface area contributed by atoms with Crippen LogP contribution in [0.1, 0.15) is 82.1 Å². The molecule has 0 aliphatic carbocycles. The lowest BCUT2D eigenvalue weighted by molar-refractivity contribution is -0.166. The van der Waals surface area contributed by atoms with Gasteiger partial charge in [-0.25, -0.2) is 0 Å². The van der Waals surface area contributed by atoms with E-state index in [0.717, 1.165) is 0 Å². The molecule has 222 valence electrons. The van der Waals surface area contributed by atoms with E-state index in [2.05, 4.69) is 0 Å². The molecule has 0 atom stereocenters. The van der Waals surface area contributed by atoms with Crippen molar-refractivity contribution in [2.24, 2.45) is 21.7 Å². The molecule has 0 bridgehead atoms. The third kappa shape index (κ3) is 18.1. The van der Waals surface area contributed by atoms with Crippen LogP contribution in [0.3, 0.4) is 0 Å². The summed E-state index contributed by atoms with van der Waals surface area (Å²) in [5.74, 6) is -2.33. The van der Waals surface area contributed by atoms with Crippen LogP contribution in [0.5, 0.6) is 0 Å². The Balaban J connectivity index is 4.22. The van der Waals surface area contributed by atoms with Crippen LogP contribution < -0.4 is 0 Å². The molecule has 0 rings (SSSR count). The molecule has 0 radical (unpaired) electrons. The van der Waals surface area contributed by atoms with Crippen molar-refractivity contribution < 1.29 is 47.6 Å². The molecule has 0 aliphatic rings. The Labute approximate surface area is 228 Å². The Morgan fingerprint density at radius 2 is 0.763 bits per heavy atom. The van der Waals surface area contributed by atoms with E-state index in [1.807, 2.05) is 41.5 Å². The number of ether oxygens (including phenoxy) is 6. The van der Waals surface area contributed by atoms with E-state index in [1.165, 1.54) is 0 Å². The molecule has 10 heteroatoms. The zero-order valence-electron chi connectivity index (χ0n) is 25.2. The van der Waals surface area contributed by atoms with Crippen molar-refractivity contribution in [2.45, 2.75) is 82.1 Å². The maximum atomic E-state index is 12.3. The smallest absolute Gasteiger partial charge is 0.315 e. The maximum absolute atomic E-state index is 12.3. The Hall–Kier alpha value is -2.20. The summed E-state index contributed by atoms with van der Waals surface area (Å²) in [5, 5.41) is 0. The van der Waals surface area contributed by atoms with Gasteiger partial charge in [0, 0.05) is 0 Å². The average Bonchev–Trinajstić information content (AvgIpc) is 2.77. The number of carbonyl (C=O) groups excluding carboxylic acids is 4. The van der Waals surface area contributed by atoms with Crippen molar-refractivity contribution in [2.75, 3.05) is 52.9 Å². The molecule has 0 heterocycles. The Bertz CT molecular complexity index is 693. The highest BCUT2D eigenvalue weighted by Gasteiger charge is 2.33. The fourth-order valence-electron chi connectivity index (χ4n) is 2.52. The molecule has 0 spiro atoms. The van der Waals surface area contributed by atoms with Crippen LogP contribution in [0.15, 0.2) is 0 Å².